The molecule has 0 spiro atoms. The van der Waals surface area contributed by atoms with Gasteiger partial charge in [-0.25, -0.2) is 0 Å². The van der Waals surface area contributed by atoms with E-state index >= 15 is 0 Å². The number of benzene rings is 1. The van der Waals surface area contributed by atoms with Gasteiger partial charge in [-0.15, -0.1) is 0 Å². The first-order chi connectivity index (χ1) is 8.29. The molecule has 3 nitrogen and oxygen atoms in total. The van der Waals surface area contributed by atoms with Crippen LogP contribution in [0.4, 0.5) is 0 Å². The van der Waals surface area contributed by atoms with Gasteiger partial charge in [0.05, 0.1) is 19.0 Å². The second-order valence-electron chi connectivity index (χ2n) is 3.87. The van der Waals surface area contributed by atoms with Crippen LogP contribution in [0, 0.1) is 0 Å². The average Bonchev–Trinajstić information content (AvgIpc) is 2.49. The topological polar surface area (TPSA) is 27.7 Å². The summed E-state index contributed by atoms with van der Waals surface area (Å²) in [5.74, 6) is 1.77. The Morgan fingerprint density at radius 3 is 2.59 bits per heavy atom. The third-order valence-electron chi connectivity index (χ3n) is 2.62. The van der Waals surface area contributed by atoms with Crippen LogP contribution in [0.5, 0.6) is 5.75 Å². The molecule has 4 heteroatoms. The Bertz CT molecular complexity index is 361. The first-order valence-corrected chi connectivity index (χ1v) is 7.74. The molecule has 2 rings (SSSR count). The second kappa shape index (κ2) is 5.76. The van der Waals surface area contributed by atoms with E-state index in [0.29, 0.717) is 13.2 Å². The van der Waals surface area contributed by atoms with E-state index in [0.717, 1.165) is 24.3 Å². The van der Waals surface area contributed by atoms with Crippen molar-refractivity contribution in [2.75, 3.05) is 19.0 Å². The van der Waals surface area contributed by atoms with Gasteiger partial charge in [0, 0.05) is 0 Å². The quantitative estimate of drug-likeness (QED) is 0.823. The number of rotatable bonds is 4. The smallest absolute Gasteiger partial charge is 0.143 e. The van der Waals surface area contributed by atoms with Crippen molar-refractivity contribution in [1.29, 1.82) is 0 Å². The van der Waals surface area contributed by atoms with E-state index in [4.69, 9.17) is 12.5 Å². The van der Waals surface area contributed by atoms with E-state index in [2.05, 4.69) is 6.07 Å². The molecule has 1 aromatic carbocycles. The molecule has 1 aliphatic rings. The van der Waals surface area contributed by atoms with Crippen molar-refractivity contribution < 1.29 is 12.5 Å². The van der Waals surface area contributed by atoms with Crippen LogP contribution in [-0.2, 0) is 14.8 Å². The van der Waals surface area contributed by atoms with Crippen molar-refractivity contribution in [2.45, 2.75) is 26.7 Å². The van der Waals surface area contributed by atoms with E-state index in [9.17, 15) is 0 Å². The minimum Gasteiger partial charge on any atom is -0.402 e. The molecule has 0 unspecified atom stereocenters. The van der Waals surface area contributed by atoms with Gasteiger partial charge < -0.3 is 4.18 Å². The van der Waals surface area contributed by atoms with Crippen LogP contribution in [0.15, 0.2) is 24.3 Å². The van der Waals surface area contributed by atoms with Crippen LogP contribution in [0.2, 0.25) is 0 Å². The summed E-state index contributed by atoms with van der Waals surface area (Å²) in [5, 5.41) is 0. The Balaban J connectivity index is 2.25. The van der Waals surface area contributed by atoms with Crippen molar-refractivity contribution in [2.24, 2.45) is 0 Å². The SMILES string of the molecule is CCOS1(OCC)CCCc2ccccc2O1. The molecular formula is C13H20O3S. The fourth-order valence-electron chi connectivity index (χ4n) is 1.97. The molecule has 0 atom stereocenters. The maximum absolute atomic E-state index is 6.06. The highest BCUT2D eigenvalue weighted by Crippen LogP contribution is 2.54. The lowest BCUT2D eigenvalue weighted by Crippen LogP contribution is -2.17. The molecular weight excluding hydrogens is 236 g/mol. The summed E-state index contributed by atoms with van der Waals surface area (Å²) >= 11 is 0. The molecule has 0 amide bonds. The fourth-order valence-corrected chi connectivity index (χ4v) is 4.10. The third kappa shape index (κ3) is 2.94. The summed E-state index contributed by atoms with van der Waals surface area (Å²) in [7, 11) is -1.85. The number of aryl methyl sites for hydroxylation is 1. The molecule has 0 N–H and O–H groups in total. The van der Waals surface area contributed by atoms with Gasteiger partial charge in [-0.1, -0.05) is 18.2 Å². The van der Waals surface area contributed by atoms with Crippen molar-refractivity contribution >= 4 is 10.9 Å². The molecule has 1 aromatic rings. The lowest BCUT2D eigenvalue weighted by molar-refractivity contribution is 0.230. The molecule has 1 heterocycles. The van der Waals surface area contributed by atoms with Crippen molar-refractivity contribution in [3.63, 3.8) is 0 Å². The van der Waals surface area contributed by atoms with Gasteiger partial charge in [0.1, 0.15) is 16.6 Å². The highest BCUT2D eigenvalue weighted by atomic mass is 32.3. The second-order valence-corrected chi connectivity index (χ2v) is 6.03. The van der Waals surface area contributed by atoms with Crippen LogP contribution in [0.25, 0.3) is 0 Å². The summed E-state index contributed by atoms with van der Waals surface area (Å²) < 4.78 is 17.6. The van der Waals surface area contributed by atoms with Crippen molar-refractivity contribution in [1.82, 2.24) is 0 Å². The predicted octanol–water partition coefficient (Wildman–Crippen LogP) is 3.63. The monoisotopic (exact) mass is 256 g/mol. The first-order valence-electron chi connectivity index (χ1n) is 6.17. The fraction of sp³-hybridized carbons (Fsp3) is 0.538. The van der Waals surface area contributed by atoms with Crippen molar-refractivity contribution in [3.05, 3.63) is 29.8 Å². The van der Waals surface area contributed by atoms with Crippen LogP contribution >= 0.6 is 10.9 Å². The predicted molar refractivity (Wildman–Crippen MR) is 71.1 cm³/mol. The zero-order chi connectivity index (χ0) is 12.1. The molecule has 17 heavy (non-hydrogen) atoms. The number of para-hydroxylation sites is 1. The Kier molecular flexibility index (Phi) is 4.31. The molecule has 0 saturated heterocycles. The first kappa shape index (κ1) is 12.7. The Morgan fingerprint density at radius 1 is 1.18 bits per heavy atom. The largest absolute Gasteiger partial charge is 0.402 e. The van der Waals surface area contributed by atoms with Crippen LogP contribution in [0.1, 0.15) is 25.8 Å². The number of hydrogen-bond acceptors (Lipinski definition) is 3. The average molecular weight is 256 g/mol. The molecule has 0 aromatic heterocycles. The van der Waals surface area contributed by atoms with Gasteiger partial charge in [0.15, 0.2) is 0 Å². The van der Waals surface area contributed by atoms with E-state index in [1.807, 2.05) is 32.0 Å². The highest BCUT2D eigenvalue weighted by molar-refractivity contribution is 8.22. The number of fused-ring (bicyclic) bond motifs is 1. The summed E-state index contributed by atoms with van der Waals surface area (Å²) in [6.45, 7) is 5.21. The van der Waals surface area contributed by atoms with E-state index in [-0.39, 0.29) is 0 Å². The normalized spacial score (nSPS) is 19.9. The Hall–Kier alpha value is -0.710. The molecule has 0 fully saturated rings. The maximum atomic E-state index is 6.06. The van der Waals surface area contributed by atoms with Gasteiger partial charge in [-0.3, -0.25) is 8.37 Å². The minimum absolute atomic E-state index is 0.623. The van der Waals surface area contributed by atoms with Gasteiger partial charge in [0.2, 0.25) is 0 Å². The van der Waals surface area contributed by atoms with E-state index < -0.39 is 10.9 Å². The summed E-state index contributed by atoms with van der Waals surface area (Å²) in [5.41, 5.74) is 1.25. The Morgan fingerprint density at radius 2 is 1.88 bits per heavy atom. The molecule has 1 aliphatic heterocycles. The minimum atomic E-state index is -1.85. The van der Waals surface area contributed by atoms with E-state index in [1.54, 1.807) is 0 Å². The molecule has 0 saturated carbocycles. The third-order valence-corrected chi connectivity index (χ3v) is 5.04. The van der Waals surface area contributed by atoms with Crippen LogP contribution < -0.4 is 4.18 Å². The highest BCUT2D eigenvalue weighted by Gasteiger charge is 2.31. The Labute approximate surface area is 105 Å². The van der Waals surface area contributed by atoms with Crippen LogP contribution in [0.3, 0.4) is 0 Å². The van der Waals surface area contributed by atoms with Gasteiger partial charge >= 0.3 is 0 Å². The number of hydrogen-bond donors (Lipinski definition) is 0. The molecule has 96 valence electrons. The lowest BCUT2D eigenvalue weighted by atomic mass is 10.1. The zero-order valence-electron chi connectivity index (χ0n) is 10.5. The van der Waals surface area contributed by atoms with E-state index in [1.165, 1.54) is 5.56 Å². The lowest BCUT2D eigenvalue weighted by Gasteiger charge is -2.36. The zero-order valence-corrected chi connectivity index (χ0v) is 11.3. The molecule has 0 bridgehead atoms. The van der Waals surface area contributed by atoms with Gasteiger partial charge in [0.25, 0.3) is 0 Å². The summed E-state index contributed by atoms with van der Waals surface area (Å²) in [4.78, 5) is 0. The summed E-state index contributed by atoms with van der Waals surface area (Å²) in [6, 6.07) is 8.15. The van der Waals surface area contributed by atoms with Gasteiger partial charge in [-0.05, 0) is 38.3 Å². The standard InChI is InChI=1S/C13H20O3S/c1-3-14-17(15-4-2)11-7-9-12-8-5-6-10-13(12)16-17/h5-6,8,10H,3-4,7,9,11H2,1-2H3. The maximum Gasteiger partial charge on any atom is 0.143 e. The van der Waals surface area contributed by atoms with Gasteiger partial charge in [-0.2, -0.15) is 0 Å². The molecule has 0 aliphatic carbocycles. The van der Waals surface area contributed by atoms with Crippen molar-refractivity contribution in [3.8, 4) is 5.75 Å². The summed E-state index contributed by atoms with van der Waals surface area (Å²) in [6.07, 6.45) is 2.08. The van der Waals surface area contributed by atoms with Crippen LogP contribution in [-0.4, -0.2) is 19.0 Å². The molecule has 0 radical (unpaired) electrons.